The van der Waals surface area contributed by atoms with E-state index in [1.54, 1.807) is 0 Å². The highest BCUT2D eigenvalue weighted by atomic mass is 19.4. The van der Waals surface area contributed by atoms with Gasteiger partial charge in [0.25, 0.3) is 5.69 Å². The van der Waals surface area contributed by atoms with Gasteiger partial charge in [-0.2, -0.15) is 13.2 Å². The van der Waals surface area contributed by atoms with Crippen LogP contribution in [0.4, 0.5) is 24.5 Å². The Labute approximate surface area is 120 Å². The molecule has 4 nitrogen and oxygen atoms in total. The van der Waals surface area contributed by atoms with E-state index in [-0.39, 0.29) is 5.69 Å². The highest BCUT2D eigenvalue weighted by Crippen LogP contribution is 2.38. The van der Waals surface area contributed by atoms with Gasteiger partial charge in [-0.25, -0.2) is 0 Å². The third-order valence-corrected chi connectivity index (χ3v) is 4.11. The molecule has 1 aromatic carbocycles. The molecule has 116 valence electrons. The molecule has 2 atom stereocenters. The molecule has 2 rings (SSSR count). The number of nitrogens with one attached hydrogen (secondary N) is 1. The molecule has 0 radical (unpaired) electrons. The molecule has 1 aliphatic carbocycles. The molecule has 0 amide bonds. The third kappa shape index (κ3) is 3.65. The van der Waals surface area contributed by atoms with E-state index in [9.17, 15) is 23.3 Å². The molecule has 0 spiro atoms. The van der Waals surface area contributed by atoms with Gasteiger partial charge in [-0.15, -0.1) is 0 Å². The molecule has 1 aliphatic rings. The first-order valence-electron chi connectivity index (χ1n) is 6.88. The van der Waals surface area contributed by atoms with Gasteiger partial charge in [0.05, 0.1) is 4.92 Å². The maximum Gasteiger partial charge on any atom is 0.423 e. The monoisotopic (exact) mass is 302 g/mol. The molecule has 1 fully saturated rings. The van der Waals surface area contributed by atoms with E-state index in [2.05, 4.69) is 12.2 Å². The van der Waals surface area contributed by atoms with Crippen LogP contribution in [0.3, 0.4) is 0 Å². The second-order valence-corrected chi connectivity index (χ2v) is 5.54. The van der Waals surface area contributed by atoms with Crippen molar-refractivity contribution in [3.8, 4) is 0 Å². The highest BCUT2D eigenvalue weighted by molar-refractivity contribution is 5.55. The lowest BCUT2D eigenvalue weighted by Gasteiger charge is -2.17. The number of nitro benzene ring substituents is 1. The minimum absolute atomic E-state index is 0.270. The van der Waals surface area contributed by atoms with Crippen molar-refractivity contribution in [1.29, 1.82) is 0 Å². The lowest BCUT2D eigenvalue weighted by Crippen LogP contribution is -2.17. The van der Waals surface area contributed by atoms with E-state index >= 15 is 0 Å². The van der Waals surface area contributed by atoms with Crippen molar-refractivity contribution in [3.05, 3.63) is 33.9 Å². The third-order valence-electron chi connectivity index (χ3n) is 4.11. The van der Waals surface area contributed by atoms with Gasteiger partial charge < -0.3 is 5.32 Å². The molecule has 2 unspecified atom stereocenters. The summed E-state index contributed by atoms with van der Waals surface area (Å²) in [5, 5.41) is 13.6. The minimum Gasteiger partial charge on any atom is -0.385 e. The maximum atomic E-state index is 12.9. The zero-order valence-electron chi connectivity index (χ0n) is 11.6. The van der Waals surface area contributed by atoms with Gasteiger partial charge in [-0.3, -0.25) is 10.1 Å². The molecule has 0 aromatic heterocycles. The van der Waals surface area contributed by atoms with E-state index in [1.165, 1.54) is 6.07 Å². The van der Waals surface area contributed by atoms with E-state index in [4.69, 9.17) is 0 Å². The fourth-order valence-corrected chi connectivity index (χ4v) is 2.81. The van der Waals surface area contributed by atoms with Crippen LogP contribution in [0.2, 0.25) is 0 Å². The van der Waals surface area contributed by atoms with Crippen LogP contribution in [0.25, 0.3) is 0 Å². The summed E-state index contributed by atoms with van der Waals surface area (Å²) in [7, 11) is 0. The van der Waals surface area contributed by atoms with E-state index in [1.807, 2.05) is 0 Å². The Kier molecular flexibility index (Phi) is 4.39. The molecule has 21 heavy (non-hydrogen) atoms. The predicted octanol–water partition coefficient (Wildman–Crippen LogP) is 4.46. The first-order valence-corrected chi connectivity index (χ1v) is 6.88. The van der Waals surface area contributed by atoms with E-state index in [0.717, 1.165) is 31.4 Å². The standard InChI is InChI=1S/C14H17F3N2O2/c1-9-3-2-4-10(9)8-18-11-5-6-13(19(20)21)12(7-11)14(15,16)17/h5-7,9-10,18H,2-4,8H2,1H3. The summed E-state index contributed by atoms with van der Waals surface area (Å²) in [4.78, 5) is 9.67. The van der Waals surface area contributed by atoms with Crippen molar-refractivity contribution in [2.24, 2.45) is 11.8 Å². The largest absolute Gasteiger partial charge is 0.423 e. The smallest absolute Gasteiger partial charge is 0.385 e. The van der Waals surface area contributed by atoms with E-state index in [0.29, 0.717) is 18.4 Å². The van der Waals surface area contributed by atoms with Crippen LogP contribution in [0.15, 0.2) is 18.2 Å². The molecule has 0 saturated heterocycles. The number of hydrogen-bond acceptors (Lipinski definition) is 3. The average molecular weight is 302 g/mol. The highest BCUT2D eigenvalue weighted by Gasteiger charge is 2.38. The van der Waals surface area contributed by atoms with Gasteiger partial charge >= 0.3 is 6.18 Å². The Morgan fingerprint density at radius 3 is 2.62 bits per heavy atom. The quantitative estimate of drug-likeness (QED) is 0.660. The summed E-state index contributed by atoms with van der Waals surface area (Å²) in [6.07, 6.45) is -1.39. The van der Waals surface area contributed by atoms with Crippen LogP contribution in [0.1, 0.15) is 31.7 Å². The number of hydrogen-bond donors (Lipinski definition) is 1. The Bertz CT molecular complexity index is 531. The zero-order chi connectivity index (χ0) is 15.6. The van der Waals surface area contributed by atoms with Crippen LogP contribution in [-0.4, -0.2) is 11.5 Å². The Morgan fingerprint density at radius 2 is 2.10 bits per heavy atom. The normalized spacial score (nSPS) is 22.3. The lowest BCUT2D eigenvalue weighted by molar-refractivity contribution is -0.388. The summed E-state index contributed by atoms with van der Waals surface area (Å²) < 4.78 is 38.6. The number of nitrogens with zero attached hydrogens (tertiary/aromatic N) is 1. The number of benzene rings is 1. The van der Waals surface area contributed by atoms with Gasteiger partial charge in [0, 0.05) is 18.3 Å². The second kappa shape index (κ2) is 5.91. The van der Waals surface area contributed by atoms with Crippen molar-refractivity contribution in [3.63, 3.8) is 0 Å². The molecular formula is C14H17F3N2O2. The van der Waals surface area contributed by atoms with Crippen molar-refractivity contribution in [2.45, 2.75) is 32.4 Å². The fraction of sp³-hybridized carbons (Fsp3) is 0.571. The van der Waals surface area contributed by atoms with Crippen molar-refractivity contribution < 1.29 is 18.1 Å². The average Bonchev–Trinajstić information content (AvgIpc) is 2.80. The molecule has 1 saturated carbocycles. The predicted molar refractivity (Wildman–Crippen MR) is 73.1 cm³/mol. The topological polar surface area (TPSA) is 55.2 Å². The van der Waals surface area contributed by atoms with Crippen molar-refractivity contribution in [2.75, 3.05) is 11.9 Å². The Balaban J connectivity index is 2.16. The van der Waals surface area contributed by atoms with E-state index < -0.39 is 22.4 Å². The van der Waals surface area contributed by atoms with Crippen LogP contribution < -0.4 is 5.32 Å². The Morgan fingerprint density at radius 1 is 1.38 bits per heavy atom. The number of nitro groups is 1. The van der Waals surface area contributed by atoms with Crippen LogP contribution in [-0.2, 0) is 6.18 Å². The van der Waals surface area contributed by atoms with Crippen LogP contribution in [0, 0.1) is 22.0 Å². The SMILES string of the molecule is CC1CCCC1CNc1ccc([N+](=O)[O-])c(C(F)(F)F)c1. The fourth-order valence-electron chi connectivity index (χ4n) is 2.81. The molecule has 1 N–H and O–H groups in total. The molecule has 0 heterocycles. The summed E-state index contributed by atoms with van der Waals surface area (Å²) >= 11 is 0. The molecule has 7 heteroatoms. The molecular weight excluding hydrogens is 285 g/mol. The second-order valence-electron chi connectivity index (χ2n) is 5.54. The van der Waals surface area contributed by atoms with Crippen molar-refractivity contribution >= 4 is 11.4 Å². The first-order chi connectivity index (χ1) is 9.79. The molecule has 0 bridgehead atoms. The number of alkyl halides is 3. The lowest BCUT2D eigenvalue weighted by atomic mass is 9.98. The Hall–Kier alpha value is -1.79. The number of halogens is 3. The van der Waals surface area contributed by atoms with Crippen LogP contribution in [0.5, 0.6) is 0 Å². The maximum absolute atomic E-state index is 12.9. The van der Waals surface area contributed by atoms with Gasteiger partial charge in [0.1, 0.15) is 5.56 Å². The van der Waals surface area contributed by atoms with Gasteiger partial charge in [-0.1, -0.05) is 19.8 Å². The summed E-state index contributed by atoms with van der Waals surface area (Å²) in [5.74, 6) is 0.993. The zero-order valence-corrected chi connectivity index (χ0v) is 11.6. The molecule has 1 aromatic rings. The summed E-state index contributed by atoms with van der Waals surface area (Å²) in [6.45, 7) is 2.73. The van der Waals surface area contributed by atoms with Gasteiger partial charge in [0.2, 0.25) is 0 Å². The van der Waals surface area contributed by atoms with Crippen molar-refractivity contribution in [1.82, 2.24) is 0 Å². The van der Waals surface area contributed by atoms with Crippen LogP contribution >= 0.6 is 0 Å². The summed E-state index contributed by atoms with van der Waals surface area (Å²) in [6, 6.07) is 3.05. The summed E-state index contributed by atoms with van der Waals surface area (Å²) in [5.41, 5.74) is -1.86. The van der Waals surface area contributed by atoms with Gasteiger partial charge in [-0.05, 0) is 30.4 Å². The first kappa shape index (κ1) is 15.6. The number of rotatable bonds is 4. The van der Waals surface area contributed by atoms with Gasteiger partial charge in [0.15, 0.2) is 0 Å². The number of anilines is 1. The molecule has 0 aliphatic heterocycles. The minimum atomic E-state index is -4.74.